The highest BCUT2D eigenvalue weighted by Gasteiger charge is 2.12. The number of nitrogens with one attached hydrogen (secondary N) is 2. The molecule has 3 aromatic rings. The largest absolute Gasteiger partial charge is 0.364 e. The molecule has 0 aliphatic heterocycles. The van der Waals surface area contributed by atoms with Gasteiger partial charge in [0.05, 0.1) is 6.54 Å². The molecule has 0 fully saturated rings. The van der Waals surface area contributed by atoms with Gasteiger partial charge in [0, 0.05) is 16.6 Å². The summed E-state index contributed by atoms with van der Waals surface area (Å²) in [6.45, 7) is 2.31. The SMILES string of the molecule is Cc1c(Cl)nc2ncnn2c1NCc1csc(=O)[nH]1. The number of hydrogen-bond acceptors (Lipinski definition) is 6. The maximum atomic E-state index is 11.1. The van der Waals surface area contributed by atoms with E-state index in [1.54, 1.807) is 9.90 Å². The van der Waals surface area contributed by atoms with Crippen LogP contribution in [0.5, 0.6) is 0 Å². The number of thiazole rings is 1. The summed E-state index contributed by atoms with van der Waals surface area (Å²) >= 11 is 7.18. The van der Waals surface area contributed by atoms with Crippen LogP contribution >= 0.6 is 22.9 Å². The molecule has 0 unspecified atom stereocenters. The molecule has 3 heterocycles. The van der Waals surface area contributed by atoms with Crippen molar-refractivity contribution >= 4 is 34.5 Å². The predicted octanol–water partition coefficient (Wildman–Crippen LogP) is 1.45. The average molecular weight is 297 g/mol. The lowest BCUT2D eigenvalue weighted by atomic mass is 10.3. The number of aromatic nitrogens is 5. The summed E-state index contributed by atoms with van der Waals surface area (Å²) in [6, 6.07) is 0. The number of anilines is 1. The standard InChI is InChI=1S/C10H9ClN6OS/c1-5-7(11)16-9-13-4-14-17(9)8(5)12-2-6-3-19-10(18)15-6/h3-4,12H,2H2,1H3,(H,15,18). The topological polar surface area (TPSA) is 88.0 Å². The third-order valence-electron chi connectivity index (χ3n) is 2.62. The number of aromatic amines is 1. The second-order valence-corrected chi connectivity index (χ2v) is 5.08. The highest BCUT2D eigenvalue weighted by Crippen LogP contribution is 2.22. The van der Waals surface area contributed by atoms with Crippen LogP contribution < -0.4 is 10.2 Å². The van der Waals surface area contributed by atoms with E-state index in [1.165, 1.54) is 6.33 Å². The summed E-state index contributed by atoms with van der Waals surface area (Å²) in [5.41, 5.74) is 1.58. The van der Waals surface area contributed by atoms with Crippen LogP contribution in [0.15, 0.2) is 16.5 Å². The predicted molar refractivity (Wildman–Crippen MR) is 72.8 cm³/mol. The zero-order valence-electron chi connectivity index (χ0n) is 9.85. The van der Waals surface area contributed by atoms with Gasteiger partial charge in [0.1, 0.15) is 17.3 Å². The lowest BCUT2D eigenvalue weighted by Crippen LogP contribution is -2.09. The Balaban J connectivity index is 1.97. The fourth-order valence-electron chi connectivity index (χ4n) is 1.68. The van der Waals surface area contributed by atoms with Crippen molar-refractivity contribution < 1.29 is 0 Å². The van der Waals surface area contributed by atoms with E-state index in [-0.39, 0.29) is 4.87 Å². The Morgan fingerprint density at radius 3 is 3.16 bits per heavy atom. The van der Waals surface area contributed by atoms with Gasteiger partial charge in [0.25, 0.3) is 5.78 Å². The van der Waals surface area contributed by atoms with Crippen LogP contribution in [0.2, 0.25) is 5.15 Å². The van der Waals surface area contributed by atoms with Gasteiger partial charge < -0.3 is 10.3 Å². The summed E-state index contributed by atoms with van der Waals surface area (Å²) in [5.74, 6) is 1.14. The molecule has 9 heteroatoms. The first-order valence-corrected chi connectivity index (χ1v) is 6.67. The lowest BCUT2D eigenvalue weighted by molar-refractivity contribution is 0.908. The summed E-state index contributed by atoms with van der Waals surface area (Å²) in [6.07, 6.45) is 1.41. The monoisotopic (exact) mass is 296 g/mol. The highest BCUT2D eigenvalue weighted by molar-refractivity contribution is 7.07. The van der Waals surface area contributed by atoms with Gasteiger partial charge in [-0.1, -0.05) is 22.9 Å². The summed E-state index contributed by atoms with van der Waals surface area (Å²) in [7, 11) is 0. The first-order valence-electron chi connectivity index (χ1n) is 5.41. The zero-order valence-corrected chi connectivity index (χ0v) is 11.4. The van der Waals surface area contributed by atoms with Crippen LogP contribution in [0.1, 0.15) is 11.3 Å². The second kappa shape index (κ2) is 4.63. The van der Waals surface area contributed by atoms with Crippen molar-refractivity contribution in [2.75, 3.05) is 5.32 Å². The molecule has 0 spiro atoms. The van der Waals surface area contributed by atoms with Gasteiger partial charge in [-0.15, -0.1) is 0 Å². The molecule has 3 aromatic heterocycles. The highest BCUT2D eigenvalue weighted by atomic mass is 35.5. The number of fused-ring (bicyclic) bond motifs is 1. The Bertz CT molecular complexity index is 791. The van der Waals surface area contributed by atoms with E-state index in [2.05, 4.69) is 25.4 Å². The van der Waals surface area contributed by atoms with Gasteiger partial charge in [0.15, 0.2) is 0 Å². The Hall–Kier alpha value is -1.93. The van der Waals surface area contributed by atoms with E-state index in [9.17, 15) is 4.79 Å². The minimum Gasteiger partial charge on any atom is -0.364 e. The molecule has 0 bridgehead atoms. The van der Waals surface area contributed by atoms with E-state index >= 15 is 0 Å². The molecule has 7 nitrogen and oxygen atoms in total. The quantitative estimate of drug-likeness (QED) is 0.714. The summed E-state index contributed by atoms with van der Waals surface area (Å²) in [5, 5.41) is 9.42. The van der Waals surface area contributed by atoms with Gasteiger partial charge >= 0.3 is 4.87 Å². The molecule has 2 N–H and O–H groups in total. The lowest BCUT2D eigenvalue weighted by Gasteiger charge is -2.10. The van der Waals surface area contributed by atoms with E-state index in [0.717, 1.165) is 22.6 Å². The fraction of sp³-hybridized carbons (Fsp3) is 0.200. The Morgan fingerprint density at radius 1 is 1.58 bits per heavy atom. The summed E-state index contributed by atoms with van der Waals surface area (Å²) in [4.78, 5) is 21.8. The van der Waals surface area contributed by atoms with Crippen molar-refractivity contribution in [2.24, 2.45) is 0 Å². The van der Waals surface area contributed by atoms with Crippen LogP contribution in [0.25, 0.3) is 5.78 Å². The average Bonchev–Trinajstić information content (AvgIpc) is 2.99. The van der Waals surface area contributed by atoms with Gasteiger partial charge in [-0.3, -0.25) is 4.79 Å². The van der Waals surface area contributed by atoms with Crippen molar-refractivity contribution in [1.82, 2.24) is 24.6 Å². The molecule has 0 aliphatic carbocycles. The van der Waals surface area contributed by atoms with E-state index < -0.39 is 0 Å². The fourth-order valence-corrected chi connectivity index (χ4v) is 2.43. The molecule has 0 aliphatic rings. The van der Waals surface area contributed by atoms with Crippen LogP contribution in [0, 0.1) is 6.92 Å². The normalized spacial score (nSPS) is 11.1. The Kier molecular flexibility index (Phi) is 2.96. The minimum atomic E-state index is -0.0767. The molecule has 19 heavy (non-hydrogen) atoms. The van der Waals surface area contributed by atoms with Crippen LogP contribution in [-0.2, 0) is 6.54 Å². The molecule has 3 rings (SSSR count). The molecular formula is C10H9ClN6OS. The first-order chi connectivity index (χ1) is 9.15. The van der Waals surface area contributed by atoms with Crippen LogP contribution in [0.3, 0.4) is 0 Å². The summed E-state index contributed by atoms with van der Waals surface area (Å²) < 4.78 is 1.58. The second-order valence-electron chi connectivity index (χ2n) is 3.88. The number of rotatable bonds is 3. The first kappa shape index (κ1) is 12.1. The molecular weight excluding hydrogens is 288 g/mol. The maximum Gasteiger partial charge on any atom is 0.304 e. The molecule has 0 amide bonds. The van der Waals surface area contributed by atoms with Gasteiger partial charge in [-0.2, -0.15) is 19.6 Å². The maximum absolute atomic E-state index is 11.1. The third kappa shape index (κ3) is 2.20. The number of halogens is 1. The Morgan fingerprint density at radius 2 is 2.42 bits per heavy atom. The number of H-pyrrole nitrogens is 1. The molecule has 0 aromatic carbocycles. The third-order valence-corrected chi connectivity index (χ3v) is 3.71. The van der Waals surface area contributed by atoms with Crippen molar-refractivity contribution in [3.05, 3.63) is 37.8 Å². The van der Waals surface area contributed by atoms with Crippen LogP contribution in [-0.4, -0.2) is 24.6 Å². The molecule has 98 valence electrons. The van der Waals surface area contributed by atoms with E-state index in [1.807, 2.05) is 6.92 Å². The van der Waals surface area contributed by atoms with Crippen molar-refractivity contribution in [2.45, 2.75) is 13.5 Å². The van der Waals surface area contributed by atoms with Crippen molar-refractivity contribution in [3.63, 3.8) is 0 Å². The molecule has 0 saturated heterocycles. The molecule has 0 saturated carbocycles. The van der Waals surface area contributed by atoms with E-state index in [4.69, 9.17) is 11.6 Å². The van der Waals surface area contributed by atoms with Crippen LogP contribution in [0.4, 0.5) is 5.82 Å². The minimum absolute atomic E-state index is 0.0767. The smallest absolute Gasteiger partial charge is 0.304 e. The van der Waals surface area contributed by atoms with Crippen molar-refractivity contribution in [3.8, 4) is 0 Å². The van der Waals surface area contributed by atoms with Gasteiger partial charge in [-0.25, -0.2) is 0 Å². The molecule has 0 radical (unpaired) electrons. The van der Waals surface area contributed by atoms with E-state index in [0.29, 0.717) is 23.3 Å². The van der Waals surface area contributed by atoms with Crippen molar-refractivity contribution in [1.29, 1.82) is 0 Å². The number of nitrogens with zero attached hydrogens (tertiary/aromatic N) is 4. The molecule has 0 atom stereocenters. The number of hydrogen-bond donors (Lipinski definition) is 2. The van der Waals surface area contributed by atoms with Gasteiger partial charge in [-0.05, 0) is 6.92 Å². The Labute approximate surface area is 116 Å². The van der Waals surface area contributed by atoms with Gasteiger partial charge in [0.2, 0.25) is 0 Å². The zero-order chi connectivity index (χ0) is 13.4.